The molecule has 0 amide bonds. The van der Waals surface area contributed by atoms with Crippen molar-refractivity contribution in [2.24, 2.45) is 18.9 Å². The molecule has 1 atom stereocenters. The molecule has 14 heavy (non-hydrogen) atoms. The van der Waals surface area contributed by atoms with Crippen LogP contribution in [0.15, 0.2) is 12.4 Å². The fourth-order valence-corrected chi connectivity index (χ4v) is 2.01. The van der Waals surface area contributed by atoms with Crippen LogP contribution in [0.4, 0.5) is 0 Å². The predicted molar refractivity (Wildman–Crippen MR) is 60.6 cm³/mol. The third-order valence-electron chi connectivity index (χ3n) is 2.31. The van der Waals surface area contributed by atoms with Gasteiger partial charge >= 0.3 is 0 Å². The second-order valence-electron chi connectivity index (χ2n) is 4.38. The molecule has 1 unspecified atom stereocenters. The predicted octanol–water partition coefficient (Wildman–Crippen LogP) is 2.86. The minimum atomic E-state index is 0.584. The lowest BCUT2D eigenvalue weighted by Gasteiger charge is -2.14. The van der Waals surface area contributed by atoms with Gasteiger partial charge in [0.25, 0.3) is 0 Å². The topological polar surface area (TPSA) is 17.8 Å². The molecule has 0 aliphatic carbocycles. The molecule has 0 saturated carbocycles. The maximum atomic E-state index is 5.94. The monoisotopic (exact) mass is 214 g/mol. The lowest BCUT2D eigenvalue weighted by Crippen LogP contribution is -2.09. The van der Waals surface area contributed by atoms with E-state index in [1.165, 1.54) is 12.0 Å². The van der Waals surface area contributed by atoms with Crippen molar-refractivity contribution in [1.29, 1.82) is 0 Å². The molecule has 0 fully saturated rings. The number of aromatic nitrogens is 2. The molecule has 3 heteroatoms. The van der Waals surface area contributed by atoms with Crippen LogP contribution in [0.1, 0.15) is 25.8 Å². The molecule has 80 valence electrons. The number of nitrogens with zero attached hydrogens (tertiary/aromatic N) is 2. The normalized spacial score (nSPS) is 13.5. The summed E-state index contributed by atoms with van der Waals surface area (Å²) >= 11 is 5.94. The highest BCUT2D eigenvalue weighted by molar-refractivity contribution is 6.18. The molecular weight excluding hydrogens is 196 g/mol. The first-order valence-electron chi connectivity index (χ1n) is 5.15. The van der Waals surface area contributed by atoms with Crippen LogP contribution >= 0.6 is 11.6 Å². The molecule has 1 aromatic heterocycles. The summed E-state index contributed by atoms with van der Waals surface area (Å²) in [5.74, 6) is 2.05. The number of aryl methyl sites for hydroxylation is 1. The van der Waals surface area contributed by atoms with Crippen molar-refractivity contribution in [3.63, 3.8) is 0 Å². The molecule has 0 N–H and O–H groups in total. The van der Waals surface area contributed by atoms with Crippen LogP contribution in [0.3, 0.4) is 0 Å². The minimum absolute atomic E-state index is 0.584. The van der Waals surface area contributed by atoms with Crippen LogP contribution < -0.4 is 0 Å². The second kappa shape index (κ2) is 5.40. The molecule has 0 bridgehead atoms. The van der Waals surface area contributed by atoms with E-state index in [0.717, 1.165) is 18.2 Å². The van der Waals surface area contributed by atoms with E-state index in [1.807, 2.05) is 17.9 Å². The molecule has 0 spiro atoms. The Balaban J connectivity index is 2.48. The van der Waals surface area contributed by atoms with E-state index in [0.29, 0.717) is 5.92 Å². The first-order valence-corrected chi connectivity index (χ1v) is 5.68. The van der Waals surface area contributed by atoms with Gasteiger partial charge in [-0.25, -0.2) is 0 Å². The Morgan fingerprint density at radius 1 is 1.50 bits per heavy atom. The molecule has 0 aliphatic rings. The number of alkyl halides is 1. The molecule has 0 aromatic carbocycles. The summed E-state index contributed by atoms with van der Waals surface area (Å²) in [5, 5.41) is 4.16. The minimum Gasteiger partial charge on any atom is -0.276 e. The summed E-state index contributed by atoms with van der Waals surface area (Å²) in [6.45, 7) is 4.48. The highest BCUT2D eigenvalue weighted by Gasteiger charge is 2.11. The van der Waals surface area contributed by atoms with E-state index in [1.54, 1.807) is 0 Å². The molecule has 0 aliphatic heterocycles. The average molecular weight is 215 g/mol. The van der Waals surface area contributed by atoms with E-state index < -0.39 is 0 Å². The Labute approximate surface area is 91.3 Å². The second-order valence-corrected chi connectivity index (χ2v) is 4.68. The summed E-state index contributed by atoms with van der Waals surface area (Å²) in [4.78, 5) is 0. The van der Waals surface area contributed by atoms with Crippen LogP contribution in [-0.4, -0.2) is 15.7 Å². The van der Waals surface area contributed by atoms with Gasteiger partial charge in [-0.3, -0.25) is 4.68 Å². The van der Waals surface area contributed by atoms with Gasteiger partial charge in [-0.1, -0.05) is 13.8 Å². The summed E-state index contributed by atoms with van der Waals surface area (Å²) in [6, 6.07) is 0. The average Bonchev–Trinajstić information content (AvgIpc) is 2.49. The van der Waals surface area contributed by atoms with Crippen molar-refractivity contribution in [1.82, 2.24) is 9.78 Å². The van der Waals surface area contributed by atoms with Gasteiger partial charge in [0, 0.05) is 19.1 Å². The molecule has 2 nitrogen and oxygen atoms in total. The quantitative estimate of drug-likeness (QED) is 0.690. The van der Waals surface area contributed by atoms with Gasteiger partial charge < -0.3 is 0 Å². The first kappa shape index (κ1) is 11.6. The van der Waals surface area contributed by atoms with Crippen LogP contribution in [0.5, 0.6) is 0 Å². The SMILES string of the molecule is CC(C)CC(CCl)Cc1cnn(C)c1. The Morgan fingerprint density at radius 2 is 2.21 bits per heavy atom. The van der Waals surface area contributed by atoms with Gasteiger partial charge in [-0.2, -0.15) is 5.10 Å². The summed E-state index contributed by atoms with van der Waals surface area (Å²) in [7, 11) is 1.95. The van der Waals surface area contributed by atoms with Crippen molar-refractivity contribution in [2.75, 3.05) is 5.88 Å². The first-order chi connectivity index (χ1) is 6.61. The van der Waals surface area contributed by atoms with Crippen molar-refractivity contribution in [2.45, 2.75) is 26.7 Å². The molecule has 1 rings (SSSR count). The Bertz CT molecular complexity index is 268. The number of hydrogen-bond acceptors (Lipinski definition) is 1. The Kier molecular flexibility index (Phi) is 4.46. The van der Waals surface area contributed by atoms with Crippen LogP contribution in [-0.2, 0) is 13.5 Å². The van der Waals surface area contributed by atoms with E-state index >= 15 is 0 Å². The van der Waals surface area contributed by atoms with Gasteiger partial charge in [0.1, 0.15) is 0 Å². The Hall–Kier alpha value is -0.500. The highest BCUT2D eigenvalue weighted by atomic mass is 35.5. The van der Waals surface area contributed by atoms with Crippen LogP contribution in [0.25, 0.3) is 0 Å². The number of rotatable bonds is 5. The van der Waals surface area contributed by atoms with E-state index in [9.17, 15) is 0 Å². The van der Waals surface area contributed by atoms with Crippen molar-refractivity contribution >= 4 is 11.6 Å². The molecular formula is C11H19ClN2. The van der Waals surface area contributed by atoms with Crippen molar-refractivity contribution < 1.29 is 0 Å². The maximum absolute atomic E-state index is 5.94. The smallest absolute Gasteiger partial charge is 0.0521 e. The molecule has 0 radical (unpaired) electrons. The molecule has 0 saturated heterocycles. The Morgan fingerprint density at radius 3 is 2.64 bits per heavy atom. The molecule has 1 heterocycles. The van der Waals surface area contributed by atoms with Gasteiger partial charge in [-0.05, 0) is 30.2 Å². The summed E-state index contributed by atoms with van der Waals surface area (Å²) < 4.78 is 1.84. The van der Waals surface area contributed by atoms with E-state index in [4.69, 9.17) is 11.6 Å². The van der Waals surface area contributed by atoms with Gasteiger partial charge in [0.05, 0.1) is 6.20 Å². The number of hydrogen-bond donors (Lipinski definition) is 0. The largest absolute Gasteiger partial charge is 0.276 e. The fraction of sp³-hybridized carbons (Fsp3) is 0.727. The van der Waals surface area contributed by atoms with E-state index in [-0.39, 0.29) is 0 Å². The van der Waals surface area contributed by atoms with Gasteiger partial charge in [-0.15, -0.1) is 11.6 Å². The maximum Gasteiger partial charge on any atom is 0.0521 e. The third kappa shape index (κ3) is 3.70. The van der Waals surface area contributed by atoms with Crippen LogP contribution in [0.2, 0.25) is 0 Å². The van der Waals surface area contributed by atoms with Gasteiger partial charge in [0.15, 0.2) is 0 Å². The van der Waals surface area contributed by atoms with Crippen LogP contribution in [0, 0.1) is 11.8 Å². The zero-order chi connectivity index (χ0) is 10.6. The summed E-state index contributed by atoms with van der Waals surface area (Å²) in [6.07, 6.45) is 6.24. The van der Waals surface area contributed by atoms with E-state index in [2.05, 4.69) is 25.1 Å². The highest BCUT2D eigenvalue weighted by Crippen LogP contribution is 2.18. The zero-order valence-electron chi connectivity index (χ0n) is 9.20. The molecule has 1 aromatic rings. The number of halogens is 1. The fourth-order valence-electron chi connectivity index (χ4n) is 1.78. The van der Waals surface area contributed by atoms with Gasteiger partial charge in [0.2, 0.25) is 0 Å². The summed E-state index contributed by atoms with van der Waals surface area (Å²) in [5.41, 5.74) is 1.29. The third-order valence-corrected chi connectivity index (χ3v) is 2.74. The lowest BCUT2D eigenvalue weighted by molar-refractivity contribution is 0.441. The van der Waals surface area contributed by atoms with Crippen molar-refractivity contribution in [3.8, 4) is 0 Å². The van der Waals surface area contributed by atoms with Crippen molar-refractivity contribution in [3.05, 3.63) is 18.0 Å². The zero-order valence-corrected chi connectivity index (χ0v) is 9.96. The lowest BCUT2D eigenvalue weighted by atomic mass is 9.94. The standard InChI is InChI=1S/C11H19ClN2/c1-9(2)4-10(6-12)5-11-7-13-14(3)8-11/h7-10H,4-6H2,1-3H3.